The SMILES string of the molecule is CN(Cc1cc(O)ccc1Cl)C1CCCN(C(=O)c2ccncc2Cl)C1. The van der Waals surface area contributed by atoms with Crippen LogP contribution in [0.3, 0.4) is 0 Å². The quantitative estimate of drug-likeness (QED) is 0.857. The molecule has 7 heteroatoms. The van der Waals surface area contributed by atoms with Crippen LogP contribution in [-0.4, -0.2) is 52.0 Å². The van der Waals surface area contributed by atoms with Crippen molar-refractivity contribution in [1.29, 1.82) is 0 Å². The summed E-state index contributed by atoms with van der Waals surface area (Å²) in [4.78, 5) is 20.7. The van der Waals surface area contributed by atoms with Gasteiger partial charge in [-0.1, -0.05) is 23.2 Å². The van der Waals surface area contributed by atoms with Gasteiger partial charge in [0.2, 0.25) is 0 Å². The van der Waals surface area contributed by atoms with Gasteiger partial charge in [-0.3, -0.25) is 14.7 Å². The Balaban J connectivity index is 1.69. The lowest BCUT2D eigenvalue weighted by molar-refractivity contribution is 0.0602. The average molecular weight is 394 g/mol. The summed E-state index contributed by atoms with van der Waals surface area (Å²) in [6, 6.07) is 6.83. The molecule has 1 saturated heterocycles. The van der Waals surface area contributed by atoms with Gasteiger partial charge >= 0.3 is 0 Å². The maximum absolute atomic E-state index is 12.8. The van der Waals surface area contributed by atoms with Crippen LogP contribution in [0.15, 0.2) is 36.7 Å². The zero-order chi connectivity index (χ0) is 18.7. The molecular formula is C19H21Cl2N3O2. The Morgan fingerprint density at radius 1 is 1.35 bits per heavy atom. The van der Waals surface area contributed by atoms with Crippen LogP contribution in [0.1, 0.15) is 28.8 Å². The number of phenolic OH excluding ortho intramolecular Hbond substituents is 1. The van der Waals surface area contributed by atoms with Gasteiger partial charge in [0.1, 0.15) is 5.75 Å². The predicted molar refractivity (Wildman–Crippen MR) is 103 cm³/mol. The van der Waals surface area contributed by atoms with E-state index in [0.717, 1.165) is 18.4 Å². The molecule has 2 heterocycles. The Morgan fingerprint density at radius 3 is 2.92 bits per heavy atom. The van der Waals surface area contributed by atoms with Crippen LogP contribution >= 0.6 is 23.2 Å². The molecule has 138 valence electrons. The van der Waals surface area contributed by atoms with E-state index in [4.69, 9.17) is 23.2 Å². The highest BCUT2D eigenvalue weighted by molar-refractivity contribution is 6.33. The summed E-state index contributed by atoms with van der Waals surface area (Å²) in [5.41, 5.74) is 1.36. The lowest BCUT2D eigenvalue weighted by atomic mass is 10.0. The molecule has 0 bridgehead atoms. The summed E-state index contributed by atoms with van der Waals surface area (Å²) in [5.74, 6) is 0.136. The third kappa shape index (κ3) is 4.29. The first-order valence-electron chi connectivity index (χ1n) is 8.52. The Kier molecular flexibility index (Phi) is 6.01. The third-order valence-corrected chi connectivity index (χ3v) is 5.43. The van der Waals surface area contributed by atoms with Gasteiger partial charge in [-0.15, -0.1) is 0 Å². The second-order valence-electron chi connectivity index (χ2n) is 6.59. The van der Waals surface area contributed by atoms with Crippen molar-refractivity contribution in [2.24, 2.45) is 0 Å². The molecule has 1 unspecified atom stereocenters. The van der Waals surface area contributed by atoms with Gasteiger partial charge in [-0.2, -0.15) is 0 Å². The van der Waals surface area contributed by atoms with Gasteiger partial charge in [-0.05, 0) is 49.7 Å². The first-order chi connectivity index (χ1) is 12.5. The van der Waals surface area contributed by atoms with E-state index in [-0.39, 0.29) is 17.7 Å². The molecule has 1 aliphatic rings. The van der Waals surface area contributed by atoms with Gasteiger partial charge in [-0.25, -0.2) is 0 Å². The van der Waals surface area contributed by atoms with E-state index in [1.165, 1.54) is 6.20 Å². The summed E-state index contributed by atoms with van der Waals surface area (Å²) in [6.07, 6.45) is 5.00. The van der Waals surface area contributed by atoms with Crippen molar-refractivity contribution in [3.63, 3.8) is 0 Å². The number of benzene rings is 1. The number of nitrogens with zero attached hydrogens (tertiary/aromatic N) is 3. The monoisotopic (exact) mass is 393 g/mol. The van der Waals surface area contributed by atoms with E-state index in [0.29, 0.717) is 35.2 Å². The molecule has 0 saturated carbocycles. The maximum Gasteiger partial charge on any atom is 0.255 e. The van der Waals surface area contributed by atoms with Crippen molar-refractivity contribution in [3.05, 3.63) is 57.8 Å². The van der Waals surface area contributed by atoms with Crippen molar-refractivity contribution < 1.29 is 9.90 Å². The second-order valence-corrected chi connectivity index (χ2v) is 7.41. The van der Waals surface area contributed by atoms with Gasteiger partial charge in [0, 0.05) is 43.1 Å². The van der Waals surface area contributed by atoms with Gasteiger partial charge in [0.15, 0.2) is 0 Å². The fourth-order valence-corrected chi connectivity index (χ4v) is 3.68. The molecule has 1 aliphatic heterocycles. The van der Waals surface area contributed by atoms with Crippen molar-refractivity contribution in [2.75, 3.05) is 20.1 Å². The van der Waals surface area contributed by atoms with Crippen LogP contribution in [0.5, 0.6) is 5.75 Å². The molecule has 3 rings (SSSR count). The highest BCUT2D eigenvalue weighted by Crippen LogP contribution is 2.25. The number of likely N-dealkylation sites (tertiary alicyclic amines) is 1. The van der Waals surface area contributed by atoms with Crippen LogP contribution in [-0.2, 0) is 6.54 Å². The molecule has 1 atom stereocenters. The smallest absolute Gasteiger partial charge is 0.255 e. The number of piperidine rings is 1. The number of pyridine rings is 1. The minimum Gasteiger partial charge on any atom is -0.508 e. The van der Waals surface area contributed by atoms with Crippen LogP contribution < -0.4 is 0 Å². The minimum atomic E-state index is -0.0640. The van der Waals surface area contributed by atoms with Crippen molar-refractivity contribution >= 4 is 29.1 Å². The zero-order valence-electron chi connectivity index (χ0n) is 14.5. The van der Waals surface area contributed by atoms with Crippen LogP contribution in [0.25, 0.3) is 0 Å². The molecular weight excluding hydrogens is 373 g/mol. The Hall–Kier alpha value is -1.82. The number of amides is 1. The molecule has 0 radical (unpaired) electrons. The lowest BCUT2D eigenvalue weighted by Crippen LogP contribution is -2.48. The van der Waals surface area contributed by atoms with Crippen molar-refractivity contribution in [1.82, 2.24) is 14.8 Å². The van der Waals surface area contributed by atoms with E-state index >= 15 is 0 Å². The summed E-state index contributed by atoms with van der Waals surface area (Å²) >= 11 is 12.4. The number of carbonyl (C=O) groups is 1. The number of rotatable bonds is 4. The van der Waals surface area contributed by atoms with E-state index in [1.807, 2.05) is 11.9 Å². The Bertz CT molecular complexity index is 800. The summed E-state index contributed by atoms with van der Waals surface area (Å²) < 4.78 is 0. The molecule has 26 heavy (non-hydrogen) atoms. The summed E-state index contributed by atoms with van der Waals surface area (Å²) in [6.45, 7) is 1.95. The molecule has 1 fully saturated rings. The van der Waals surface area contributed by atoms with Crippen LogP contribution in [0, 0.1) is 0 Å². The zero-order valence-corrected chi connectivity index (χ0v) is 16.0. The molecule has 0 spiro atoms. The first-order valence-corrected chi connectivity index (χ1v) is 9.27. The molecule has 1 aromatic heterocycles. The molecule has 1 aromatic carbocycles. The number of hydrogen-bond acceptors (Lipinski definition) is 4. The third-order valence-electron chi connectivity index (χ3n) is 4.76. The van der Waals surface area contributed by atoms with Gasteiger partial charge in [0.25, 0.3) is 5.91 Å². The molecule has 1 N–H and O–H groups in total. The molecule has 0 aliphatic carbocycles. The molecule has 5 nitrogen and oxygen atoms in total. The number of likely N-dealkylation sites (N-methyl/N-ethyl adjacent to an activating group) is 1. The average Bonchev–Trinajstić information content (AvgIpc) is 2.64. The largest absolute Gasteiger partial charge is 0.508 e. The number of aromatic hydroxyl groups is 1. The highest BCUT2D eigenvalue weighted by atomic mass is 35.5. The highest BCUT2D eigenvalue weighted by Gasteiger charge is 2.28. The van der Waals surface area contributed by atoms with Crippen LogP contribution in [0.2, 0.25) is 10.0 Å². The van der Waals surface area contributed by atoms with Gasteiger partial charge in [0.05, 0.1) is 10.6 Å². The number of halogens is 2. The minimum absolute atomic E-state index is 0.0640. The normalized spacial score (nSPS) is 17.5. The first kappa shape index (κ1) is 19.0. The molecule has 2 aromatic rings. The second kappa shape index (κ2) is 8.25. The van der Waals surface area contributed by atoms with E-state index in [2.05, 4.69) is 9.88 Å². The van der Waals surface area contributed by atoms with Gasteiger partial charge < -0.3 is 10.0 Å². The van der Waals surface area contributed by atoms with Crippen molar-refractivity contribution in [2.45, 2.75) is 25.4 Å². The summed E-state index contributed by atoms with van der Waals surface area (Å²) in [5, 5.41) is 10.7. The Morgan fingerprint density at radius 2 is 2.15 bits per heavy atom. The lowest BCUT2D eigenvalue weighted by Gasteiger charge is -2.38. The molecule has 1 amide bonds. The fourth-order valence-electron chi connectivity index (χ4n) is 3.30. The van der Waals surface area contributed by atoms with Crippen LogP contribution in [0.4, 0.5) is 0 Å². The standard InChI is InChI=1S/C19H21Cl2N3O2/c1-23(11-13-9-15(25)4-5-17(13)20)14-3-2-8-24(12-14)19(26)16-6-7-22-10-18(16)21/h4-7,9-10,14,25H,2-3,8,11-12H2,1H3. The fraction of sp³-hybridized carbons (Fsp3) is 0.368. The number of hydrogen-bond donors (Lipinski definition) is 1. The number of phenols is 1. The number of aromatic nitrogens is 1. The summed E-state index contributed by atoms with van der Waals surface area (Å²) in [7, 11) is 2.01. The van der Waals surface area contributed by atoms with E-state index < -0.39 is 0 Å². The Labute approximate surface area is 163 Å². The predicted octanol–water partition coefficient (Wildman–Crippen LogP) is 3.83. The van der Waals surface area contributed by atoms with E-state index in [1.54, 1.807) is 30.5 Å². The maximum atomic E-state index is 12.8. The van der Waals surface area contributed by atoms with E-state index in [9.17, 15) is 9.90 Å². The van der Waals surface area contributed by atoms with Crippen molar-refractivity contribution in [3.8, 4) is 5.75 Å². The number of carbonyl (C=O) groups excluding carboxylic acids is 1. The topological polar surface area (TPSA) is 56.7 Å².